The van der Waals surface area contributed by atoms with E-state index in [1.165, 1.54) is 16.7 Å². The lowest BCUT2D eigenvalue weighted by Crippen LogP contribution is -2.45. The Morgan fingerprint density at radius 3 is 2.72 bits per heavy atom. The Kier molecular flexibility index (Phi) is 4.16. The smallest absolute Gasteiger partial charge is 0.327 e. The summed E-state index contributed by atoms with van der Waals surface area (Å²) in [6.07, 6.45) is 0. The second-order valence-corrected chi connectivity index (χ2v) is 6.49. The summed E-state index contributed by atoms with van der Waals surface area (Å²) in [4.78, 5) is 25.1. The summed E-state index contributed by atoms with van der Waals surface area (Å²) >= 11 is 3.58. The van der Waals surface area contributed by atoms with Crippen molar-refractivity contribution in [3.63, 3.8) is 0 Å². The molecule has 0 aliphatic carbocycles. The van der Waals surface area contributed by atoms with E-state index in [1.807, 2.05) is 19.1 Å². The summed E-state index contributed by atoms with van der Waals surface area (Å²) < 4.78 is 0.841. The fourth-order valence-electron chi connectivity index (χ4n) is 1.92. The van der Waals surface area contributed by atoms with E-state index in [0.717, 1.165) is 3.57 Å². The molecule has 1 aromatic carbocycles. The standard InChI is InChI=1S/C12H12INO3S/c1-7-14(10(6-18-7)12(16)17)11(15)8-4-2-3-5-9(8)13/h2-5,7,10H,6H2,1H3,(H,16,17). The van der Waals surface area contributed by atoms with E-state index >= 15 is 0 Å². The van der Waals surface area contributed by atoms with Crippen LogP contribution in [0.1, 0.15) is 17.3 Å². The minimum absolute atomic E-state index is 0.102. The van der Waals surface area contributed by atoms with E-state index in [-0.39, 0.29) is 11.3 Å². The Hall–Kier alpha value is -0.760. The van der Waals surface area contributed by atoms with Crippen molar-refractivity contribution in [3.05, 3.63) is 33.4 Å². The van der Waals surface area contributed by atoms with E-state index < -0.39 is 12.0 Å². The van der Waals surface area contributed by atoms with Gasteiger partial charge in [0.25, 0.3) is 5.91 Å². The fraction of sp³-hybridized carbons (Fsp3) is 0.333. The number of carboxylic acid groups (broad SMARTS) is 1. The topological polar surface area (TPSA) is 57.6 Å². The molecule has 96 valence electrons. The van der Waals surface area contributed by atoms with Crippen LogP contribution in [0.5, 0.6) is 0 Å². The lowest BCUT2D eigenvalue weighted by Gasteiger charge is -2.25. The third-order valence-corrected chi connectivity index (χ3v) is 5.01. The number of aliphatic carboxylic acids is 1. The van der Waals surface area contributed by atoms with Gasteiger partial charge in [-0.2, -0.15) is 0 Å². The third kappa shape index (κ3) is 2.49. The monoisotopic (exact) mass is 377 g/mol. The van der Waals surface area contributed by atoms with Gasteiger partial charge in [-0.05, 0) is 41.6 Å². The van der Waals surface area contributed by atoms with Crippen molar-refractivity contribution in [2.75, 3.05) is 5.75 Å². The van der Waals surface area contributed by atoms with E-state index in [1.54, 1.807) is 12.1 Å². The molecule has 0 bridgehead atoms. The molecule has 2 atom stereocenters. The summed E-state index contributed by atoms with van der Waals surface area (Å²) in [6.45, 7) is 1.86. The Morgan fingerprint density at radius 2 is 2.11 bits per heavy atom. The van der Waals surface area contributed by atoms with Crippen LogP contribution >= 0.6 is 34.4 Å². The molecule has 0 spiro atoms. The molecular formula is C12H12INO3S. The van der Waals surface area contributed by atoms with Crippen LogP contribution in [0.4, 0.5) is 0 Å². The van der Waals surface area contributed by atoms with Crippen molar-refractivity contribution >= 4 is 46.2 Å². The van der Waals surface area contributed by atoms with Crippen molar-refractivity contribution in [3.8, 4) is 0 Å². The van der Waals surface area contributed by atoms with Gasteiger partial charge in [-0.1, -0.05) is 12.1 Å². The van der Waals surface area contributed by atoms with Gasteiger partial charge >= 0.3 is 5.97 Å². The van der Waals surface area contributed by atoms with Crippen LogP contribution in [-0.2, 0) is 4.79 Å². The highest BCUT2D eigenvalue weighted by molar-refractivity contribution is 14.1. The zero-order valence-electron chi connectivity index (χ0n) is 9.67. The predicted molar refractivity (Wildman–Crippen MR) is 78.7 cm³/mol. The first-order valence-electron chi connectivity index (χ1n) is 5.44. The molecule has 4 nitrogen and oxygen atoms in total. The fourth-order valence-corrected chi connectivity index (χ4v) is 3.70. The number of hydrogen-bond acceptors (Lipinski definition) is 3. The molecule has 2 rings (SSSR count). The maximum atomic E-state index is 12.4. The number of rotatable bonds is 2. The minimum atomic E-state index is -0.939. The van der Waals surface area contributed by atoms with Gasteiger partial charge in [0.2, 0.25) is 0 Å². The normalized spacial score (nSPS) is 23.1. The maximum Gasteiger partial charge on any atom is 0.327 e. The van der Waals surface area contributed by atoms with Gasteiger partial charge in [0.15, 0.2) is 0 Å². The highest BCUT2D eigenvalue weighted by atomic mass is 127. The average Bonchev–Trinajstić information content (AvgIpc) is 2.71. The van der Waals surface area contributed by atoms with Crippen LogP contribution in [0.2, 0.25) is 0 Å². The molecule has 1 aliphatic rings. The van der Waals surface area contributed by atoms with Gasteiger partial charge in [0, 0.05) is 9.32 Å². The summed E-state index contributed by atoms with van der Waals surface area (Å²) in [5, 5.41) is 9.06. The molecule has 1 amide bonds. The van der Waals surface area contributed by atoms with Gasteiger partial charge in [-0.3, -0.25) is 4.79 Å². The second-order valence-electron chi connectivity index (χ2n) is 3.98. The van der Waals surface area contributed by atoms with Gasteiger partial charge in [0.05, 0.1) is 10.9 Å². The van der Waals surface area contributed by atoms with Crippen LogP contribution < -0.4 is 0 Å². The summed E-state index contributed by atoms with van der Waals surface area (Å²) in [6, 6.07) is 6.50. The average molecular weight is 377 g/mol. The Morgan fingerprint density at radius 1 is 1.44 bits per heavy atom. The number of nitrogens with zero attached hydrogens (tertiary/aromatic N) is 1. The number of benzene rings is 1. The molecule has 0 saturated carbocycles. The van der Waals surface area contributed by atoms with E-state index in [0.29, 0.717) is 11.3 Å². The Balaban J connectivity index is 2.33. The molecule has 1 fully saturated rings. The highest BCUT2D eigenvalue weighted by Crippen LogP contribution is 2.31. The number of carboxylic acids is 1. The second kappa shape index (κ2) is 5.48. The quantitative estimate of drug-likeness (QED) is 0.804. The van der Waals surface area contributed by atoms with Gasteiger partial charge in [0.1, 0.15) is 6.04 Å². The summed E-state index contributed by atoms with van der Waals surface area (Å²) in [5.74, 6) is -0.693. The zero-order chi connectivity index (χ0) is 13.3. The number of thioether (sulfide) groups is 1. The van der Waals surface area contributed by atoms with Gasteiger partial charge in [-0.15, -0.1) is 11.8 Å². The first kappa shape index (κ1) is 13.7. The molecule has 1 N–H and O–H groups in total. The van der Waals surface area contributed by atoms with Crippen LogP contribution in [0, 0.1) is 3.57 Å². The van der Waals surface area contributed by atoms with Crippen molar-refractivity contribution in [2.45, 2.75) is 18.3 Å². The molecule has 0 aromatic heterocycles. The summed E-state index contributed by atoms with van der Waals surface area (Å²) in [7, 11) is 0. The molecular weight excluding hydrogens is 365 g/mol. The Labute approximate surface area is 123 Å². The first-order chi connectivity index (χ1) is 8.52. The highest BCUT2D eigenvalue weighted by Gasteiger charge is 2.40. The molecule has 18 heavy (non-hydrogen) atoms. The number of carbonyl (C=O) groups excluding carboxylic acids is 1. The van der Waals surface area contributed by atoms with Crippen LogP contribution in [0.3, 0.4) is 0 Å². The van der Waals surface area contributed by atoms with Crippen molar-refractivity contribution in [2.24, 2.45) is 0 Å². The van der Waals surface area contributed by atoms with Crippen molar-refractivity contribution in [1.82, 2.24) is 4.90 Å². The minimum Gasteiger partial charge on any atom is -0.480 e. The summed E-state index contributed by atoms with van der Waals surface area (Å²) in [5.41, 5.74) is 0.568. The molecule has 1 heterocycles. The maximum absolute atomic E-state index is 12.4. The van der Waals surface area contributed by atoms with Crippen molar-refractivity contribution in [1.29, 1.82) is 0 Å². The van der Waals surface area contributed by atoms with Gasteiger partial charge < -0.3 is 10.0 Å². The molecule has 1 saturated heterocycles. The first-order valence-corrected chi connectivity index (χ1v) is 7.56. The van der Waals surface area contributed by atoms with Crippen LogP contribution in [0.15, 0.2) is 24.3 Å². The number of hydrogen-bond donors (Lipinski definition) is 1. The molecule has 1 aliphatic heterocycles. The van der Waals surface area contributed by atoms with E-state index in [2.05, 4.69) is 22.6 Å². The third-order valence-electron chi connectivity index (χ3n) is 2.85. The van der Waals surface area contributed by atoms with E-state index in [4.69, 9.17) is 5.11 Å². The molecule has 1 aromatic rings. The molecule has 0 radical (unpaired) electrons. The molecule has 2 unspecified atom stereocenters. The largest absolute Gasteiger partial charge is 0.480 e. The number of carbonyl (C=O) groups is 2. The van der Waals surface area contributed by atoms with E-state index in [9.17, 15) is 9.59 Å². The Bertz CT molecular complexity index is 494. The lowest BCUT2D eigenvalue weighted by atomic mass is 10.1. The van der Waals surface area contributed by atoms with Crippen LogP contribution in [0.25, 0.3) is 0 Å². The number of halogens is 1. The molecule has 6 heteroatoms. The predicted octanol–water partition coefficient (Wildman–Crippen LogP) is 2.28. The van der Waals surface area contributed by atoms with Crippen LogP contribution in [-0.4, -0.2) is 39.1 Å². The van der Waals surface area contributed by atoms with Gasteiger partial charge in [-0.25, -0.2) is 4.79 Å². The lowest BCUT2D eigenvalue weighted by molar-refractivity contribution is -0.141. The SMILES string of the molecule is CC1SCC(C(=O)O)N1C(=O)c1ccccc1I. The number of amides is 1. The zero-order valence-corrected chi connectivity index (χ0v) is 12.6. The van der Waals surface area contributed by atoms with Crippen molar-refractivity contribution < 1.29 is 14.7 Å².